The average molecular weight is 355 g/mol. The Hall–Kier alpha value is -2.50. The summed E-state index contributed by atoms with van der Waals surface area (Å²) in [4.78, 5) is 12.5. The molecule has 1 aliphatic carbocycles. The van der Waals surface area contributed by atoms with Gasteiger partial charge >= 0.3 is 0 Å². The molecule has 26 heavy (non-hydrogen) atoms. The zero-order valence-electron chi connectivity index (χ0n) is 15.1. The highest BCUT2D eigenvalue weighted by molar-refractivity contribution is 5.79. The van der Waals surface area contributed by atoms with Crippen molar-refractivity contribution in [1.82, 2.24) is 15.1 Å². The fraction of sp³-hybridized carbons (Fsp3) is 0.500. The monoisotopic (exact) mass is 355 g/mol. The molecule has 1 saturated carbocycles. The average Bonchev–Trinajstić information content (AvgIpc) is 3.42. The normalized spacial score (nSPS) is 18.7. The van der Waals surface area contributed by atoms with Crippen LogP contribution in [0.1, 0.15) is 36.4 Å². The summed E-state index contributed by atoms with van der Waals surface area (Å²) in [6.07, 6.45) is 5.98. The van der Waals surface area contributed by atoms with Crippen molar-refractivity contribution in [1.29, 1.82) is 0 Å². The summed E-state index contributed by atoms with van der Waals surface area (Å²) in [6, 6.07) is 7.92. The van der Waals surface area contributed by atoms with Crippen LogP contribution >= 0.6 is 0 Å². The lowest BCUT2D eigenvalue weighted by Gasteiger charge is -2.25. The number of aryl methyl sites for hydroxylation is 1. The highest BCUT2D eigenvalue weighted by Gasteiger charge is 2.28. The Balaban J connectivity index is 1.25. The second-order valence-corrected chi connectivity index (χ2v) is 7.06. The van der Waals surface area contributed by atoms with Gasteiger partial charge in [0, 0.05) is 30.9 Å². The zero-order chi connectivity index (χ0) is 17.9. The van der Waals surface area contributed by atoms with Gasteiger partial charge < -0.3 is 14.8 Å². The molecule has 0 bridgehead atoms. The number of para-hydroxylation sites is 1. The van der Waals surface area contributed by atoms with E-state index >= 15 is 0 Å². The van der Waals surface area contributed by atoms with E-state index < -0.39 is 0 Å². The SMILES string of the molecule is COc1cccc2c1OCC(C(=O)NCCCn1nccc1C1CC1)C2. The molecular weight excluding hydrogens is 330 g/mol. The number of methoxy groups -OCH3 is 1. The summed E-state index contributed by atoms with van der Waals surface area (Å²) in [5.41, 5.74) is 2.36. The van der Waals surface area contributed by atoms with Gasteiger partial charge in [-0.05, 0) is 43.4 Å². The number of rotatable bonds is 7. The number of benzene rings is 1. The Bertz CT molecular complexity index is 782. The summed E-state index contributed by atoms with van der Waals surface area (Å²) in [6.45, 7) is 1.90. The van der Waals surface area contributed by atoms with Crippen molar-refractivity contribution in [2.75, 3.05) is 20.3 Å². The Kier molecular flexibility index (Phi) is 4.82. The number of aromatic nitrogens is 2. The van der Waals surface area contributed by atoms with Crippen molar-refractivity contribution < 1.29 is 14.3 Å². The molecule has 1 aromatic carbocycles. The molecule has 1 unspecified atom stereocenters. The van der Waals surface area contributed by atoms with Gasteiger partial charge in [-0.15, -0.1) is 0 Å². The van der Waals surface area contributed by atoms with E-state index in [0.717, 1.165) is 30.0 Å². The summed E-state index contributed by atoms with van der Waals surface area (Å²) in [5.74, 6) is 2.10. The van der Waals surface area contributed by atoms with Gasteiger partial charge in [0.15, 0.2) is 11.5 Å². The number of carbonyl (C=O) groups excluding carboxylic acids is 1. The van der Waals surface area contributed by atoms with Crippen LogP contribution in [0.4, 0.5) is 0 Å². The van der Waals surface area contributed by atoms with Crippen LogP contribution in [0, 0.1) is 5.92 Å². The number of amides is 1. The van der Waals surface area contributed by atoms with E-state index in [2.05, 4.69) is 21.2 Å². The molecule has 0 saturated heterocycles. The predicted molar refractivity (Wildman–Crippen MR) is 97.5 cm³/mol. The highest BCUT2D eigenvalue weighted by atomic mass is 16.5. The van der Waals surface area contributed by atoms with Gasteiger partial charge in [-0.2, -0.15) is 5.10 Å². The van der Waals surface area contributed by atoms with Gasteiger partial charge in [-0.1, -0.05) is 12.1 Å². The molecule has 0 spiro atoms. The molecule has 1 N–H and O–H groups in total. The van der Waals surface area contributed by atoms with Crippen LogP contribution in [0.2, 0.25) is 0 Å². The first kappa shape index (κ1) is 16.9. The molecule has 2 aromatic rings. The van der Waals surface area contributed by atoms with Crippen molar-refractivity contribution in [2.45, 2.75) is 38.1 Å². The summed E-state index contributed by atoms with van der Waals surface area (Å²) >= 11 is 0. The van der Waals surface area contributed by atoms with Crippen LogP contribution < -0.4 is 14.8 Å². The number of carbonyl (C=O) groups is 1. The number of fused-ring (bicyclic) bond motifs is 1. The lowest BCUT2D eigenvalue weighted by molar-refractivity contribution is -0.126. The summed E-state index contributed by atoms with van der Waals surface area (Å²) in [7, 11) is 1.63. The number of nitrogens with one attached hydrogen (secondary N) is 1. The van der Waals surface area contributed by atoms with Crippen molar-refractivity contribution in [2.24, 2.45) is 5.92 Å². The summed E-state index contributed by atoms with van der Waals surface area (Å²) < 4.78 is 13.2. The third kappa shape index (κ3) is 3.54. The van der Waals surface area contributed by atoms with Crippen LogP contribution in [0.25, 0.3) is 0 Å². The van der Waals surface area contributed by atoms with Crippen LogP contribution in [-0.2, 0) is 17.8 Å². The maximum absolute atomic E-state index is 12.5. The largest absolute Gasteiger partial charge is 0.493 e. The zero-order valence-corrected chi connectivity index (χ0v) is 15.1. The molecule has 4 rings (SSSR count). The number of nitrogens with zero attached hydrogens (tertiary/aromatic N) is 2. The van der Waals surface area contributed by atoms with E-state index in [1.165, 1.54) is 18.5 Å². The van der Waals surface area contributed by atoms with E-state index in [9.17, 15) is 4.79 Å². The van der Waals surface area contributed by atoms with Gasteiger partial charge in [0.05, 0.1) is 13.0 Å². The van der Waals surface area contributed by atoms with Gasteiger partial charge in [0.25, 0.3) is 0 Å². The van der Waals surface area contributed by atoms with Gasteiger partial charge in [0.2, 0.25) is 5.91 Å². The standard InChI is InChI=1S/C20H25N3O3/c1-25-18-5-2-4-15-12-16(13-26-19(15)18)20(24)21-9-3-11-23-17(8-10-22-23)14-6-7-14/h2,4-5,8,10,14,16H,3,6-7,9,11-13H2,1H3,(H,21,24). The van der Waals surface area contributed by atoms with Crippen molar-refractivity contribution in [3.63, 3.8) is 0 Å². The molecule has 2 aliphatic rings. The van der Waals surface area contributed by atoms with Crippen LogP contribution in [0.15, 0.2) is 30.5 Å². The van der Waals surface area contributed by atoms with Crippen LogP contribution in [-0.4, -0.2) is 35.9 Å². The van der Waals surface area contributed by atoms with E-state index in [1.807, 2.05) is 24.4 Å². The Morgan fingerprint density at radius 1 is 1.38 bits per heavy atom. The lowest BCUT2D eigenvalue weighted by Crippen LogP contribution is -2.38. The Morgan fingerprint density at radius 3 is 3.08 bits per heavy atom. The maximum atomic E-state index is 12.5. The maximum Gasteiger partial charge on any atom is 0.226 e. The molecule has 6 heteroatoms. The van der Waals surface area contributed by atoms with Crippen molar-refractivity contribution in [3.8, 4) is 11.5 Å². The number of ether oxygens (including phenoxy) is 2. The molecule has 0 radical (unpaired) electrons. The van der Waals surface area contributed by atoms with E-state index in [4.69, 9.17) is 9.47 Å². The number of hydrogen-bond acceptors (Lipinski definition) is 4. The first-order chi connectivity index (χ1) is 12.8. The first-order valence-electron chi connectivity index (χ1n) is 9.34. The van der Waals surface area contributed by atoms with Gasteiger partial charge in [0.1, 0.15) is 6.61 Å². The van der Waals surface area contributed by atoms with Crippen molar-refractivity contribution in [3.05, 3.63) is 41.7 Å². The Morgan fingerprint density at radius 2 is 2.27 bits per heavy atom. The highest BCUT2D eigenvalue weighted by Crippen LogP contribution is 2.39. The van der Waals surface area contributed by atoms with E-state index in [0.29, 0.717) is 25.5 Å². The van der Waals surface area contributed by atoms with Gasteiger partial charge in [-0.3, -0.25) is 9.48 Å². The second kappa shape index (κ2) is 7.40. The molecular formula is C20H25N3O3. The minimum Gasteiger partial charge on any atom is -0.493 e. The minimum atomic E-state index is -0.152. The first-order valence-corrected chi connectivity index (χ1v) is 9.34. The van der Waals surface area contributed by atoms with E-state index in [-0.39, 0.29) is 11.8 Å². The fourth-order valence-corrected chi connectivity index (χ4v) is 3.56. The topological polar surface area (TPSA) is 65.4 Å². The van der Waals surface area contributed by atoms with E-state index in [1.54, 1.807) is 7.11 Å². The second-order valence-electron chi connectivity index (χ2n) is 7.06. The molecule has 1 fully saturated rings. The fourth-order valence-electron chi connectivity index (χ4n) is 3.56. The van der Waals surface area contributed by atoms with Crippen molar-refractivity contribution >= 4 is 5.91 Å². The lowest BCUT2D eigenvalue weighted by atomic mass is 9.95. The quantitative estimate of drug-likeness (QED) is 0.775. The molecule has 1 amide bonds. The third-order valence-electron chi connectivity index (χ3n) is 5.14. The number of hydrogen-bond donors (Lipinski definition) is 1. The Labute approximate surface area is 153 Å². The molecule has 1 aromatic heterocycles. The third-order valence-corrected chi connectivity index (χ3v) is 5.14. The minimum absolute atomic E-state index is 0.0568. The smallest absolute Gasteiger partial charge is 0.226 e. The molecule has 2 heterocycles. The van der Waals surface area contributed by atoms with Crippen LogP contribution in [0.3, 0.4) is 0 Å². The molecule has 1 atom stereocenters. The molecule has 138 valence electrons. The molecule has 6 nitrogen and oxygen atoms in total. The van der Waals surface area contributed by atoms with Crippen LogP contribution in [0.5, 0.6) is 11.5 Å². The molecule has 1 aliphatic heterocycles. The summed E-state index contributed by atoms with van der Waals surface area (Å²) in [5, 5.41) is 7.44. The van der Waals surface area contributed by atoms with Gasteiger partial charge in [-0.25, -0.2) is 0 Å². The predicted octanol–water partition coefficient (Wildman–Crippen LogP) is 2.53.